The van der Waals surface area contributed by atoms with E-state index in [-0.39, 0.29) is 0 Å². The van der Waals surface area contributed by atoms with E-state index in [9.17, 15) is 0 Å². The molecule has 1 aromatic heterocycles. The highest BCUT2D eigenvalue weighted by Crippen LogP contribution is 2.18. The molecule has 0 atom stereocenters. The molecule has 0 saturated heterocycles. The van der Waals surface area contributed by atoms with Crippen LogP contribution in [0.5, 0.6) is 0 Å². The Labute approximate surface area is 64.8 Å². The number of fused-ring (bicyclic) bond motifs is 1. The van der Waals surface area contributed by atoms with Gasteiger partial charge in [-0.05, 0) is 31.5 Å². The van der Waals surface area contributed by atoms with Gasteiger partial charge in [-0.15, -0.1) is 0 Å². The third-order valence-corrected chi connectivity index (χ3v) is 1.81. The molecule has 0 aliphatic rings. The Kier molecular flexibility index (Phi) is 1.22. The Balaban J connectivity index is 2.86. The van der Waals surface area contributed by atoms with Gasteiger partial charge >= 0.3 is 0 Å². The largest absolute Gasteiger partial charge is 0.356 e. The molecule has 0 aliphatic carbocycles. The highest BCUT2D eigenvalue weighted by atomic mass is 16.5. The Morgan fingerprint density at radius 1 is 1.27 bits per heavy atom. The van der Waals surface area contributed by atoms with E-state index in [0.29, 0.717) is 0 Å². The van der Waals surface area contributed by atoms with Gasteiger partial charge in [0, 0.05) is 5.39 Å². The van der Waals surface area contributed by atoms with Crippen molar-refractivity contribution in [2.24, 2.45) is 0 Å². The van der Waals surface area contributed by atoms with E-state index in [2.05, 4.69) is 11.2 Å². The van der Waals surface area contributed by atoms with Crippen LogP contribution in [0.3, 0.4) is 0 Å². The zero-order chi connectivity index (χ0) is 7.84. The smallest absolute Gasteiger partial charge is 0.167 e. The zero-order valence-corrected chi connectivity index (χ0v) is 6.59. The van der Waals surface area contributed by atoms with Crippen molar-refractivity contribution in [1.29, 1.82) is 0 Å². The van der Waals surface area contributed by atoms with Crippen molar-refractivity contribution in [2.75, 3.05) is 0 Å². The van der Waals surface area contributed by atoms with Crippen LogP contribution in [0.1, 0.15) is 11.3 Å². The molecule has 0 N–H and O–H groups in total. The molecule has 0 unspecified atom stereocenters. The molecule has 2 rings (SSSR count). The van der Waals surface area contributed by atoms with Gasteiger partial charge < -0.3 is 4.52 Å². The lowest BCUT2D eigenvalue weighted by molar-refractivity contribution is 0.450. The number of rotatable bonds is 0. The van der Waals surface area contributed by atoms with Crippen LogP contribution in [0, 0.1) is 13.8 Å². The summed E-state index contributed by atoms with van der Waals surface area (Å²) in [6.07, 6.45) is 0. The molecule has 0 bridgehead atoms. The summed E-state index contributed by atoms with van der Waals surface area (Å²) in [7, 11) is 0. The average molecular weight is 147 g/mol. The van der Waals surface area contributed by atoms with E-state index in [1.807, 2.05) is 26.0 Å². The standard InChI is InChI=1S/C9H9NO/c1-6-3-4-8-7(2)10-11-9(8)5-6/h3-5H,1-2H3. The minimum atomic E-state index is 0.877. The fourth-order valence-corrected chi connectivity index (χ4v) is 1.17. The first kappa shape index (κ1) is 6.40. The summed E-state index contributed by atoms with van der Waals surface area (Å²) < 4.78 is 5.08. The van der Waals surface area contributed by atoms with Crippen LogP contribution in [0.25, 0.3) is 11.0 Å². The van der Waals surface area contributed by atoms with Gasteiger partial charge in [-0.3, -0.25) is 0 Å². The van der Waals surface area contributed by atoms with Gasteiger partial charge in [0.1, 0.15) is 0 Å². The molecule has 11 heavy (non-hydrogen) atoms. The van der Waals surface area contributed by atoms with Crippen LogP contribution in [0.4, 0.5) is 0 Å². The Bertz CT molecular complexity index is 389. The number of benzene rings is 1. The van der Waals surface area contributed by atoms with Crippen molar-refractivity contribution in [1.82, 2.24) is 5.16 Å². The van der Waals surface area contributed by atoms with Crippen LogP contribution in [0.2, 0.25) is 0 Å². The second kappa shape index (κ2) is 2.09. The van der Waals surface area contributed by atoms with Gasteiger partial charge in [0.05, 0.1) is 5.69 Å². The van der Waals surface area contributed by atoms with E-state index in [4.69, 9.17) is 4.52 Å². The SMILES string of the molecule is Cc1ccc2c(C)noc2c1. The molecule has 1 aromatic carbocycles. The normalized spacial score (nSPS) is 10.7. The molecule has 56 valence electrons. The van der Waals surface area contributed by atoms with Crippen LogP contribution >= 0.6 is 0 Å². The lowest BCUT2D eigenvalue weighted by Crippen LogP contribution is -1.71. The predicted octanol–water partition coefficient (Wildman–Crippen LogP) is 2.44. The molecule has 0 aliphatic heterocycles. The molecule has 2 nitrogen and oxygen atoms in total. The fraction of sp³-hybridized carbons (Fsp3) is 0.222. The van der Waals surface area contributed by atoms with Gasteiger partial charge in [0.2, 0.25) is 0 Å². The van der Waals surface area contributed by atoms with Crippen LogP contribution < -0.4 is 0 Å². The third kappa shape index (κ3) is 0.909. The molecular weight excluding hydrogens is 138 g/mol. The summed E-state index contributed by atoms with van der Waals surface area (Å²) in [4.78, 5) is 0. The molecular formula is C9H9NO. The Hall–Kier alpha value is -1.31. The maximum atomic E-state index is 5.08. The van der Waals surface area contributed by atoms with E-state index in [1.54, 1.807) is 0 Å². The summed E-state index contributed by atoms with van der Waals surface area (Å²) in [5.41, 5.74) is 3.04. The summed E-state index contributed by atoms with van der Waals surface area (Å²) >= 11 is 0. The lowest BCUT2D eigenvalue weighted by Gasteiger charge is -1.89. The molecule has 0 radical (unpaired) electrons. The highest BCUT2D eigenvalue weighted by molar-refractivity contribution is 5.79. The maximum absolute atomic E-state index is 5.08. The summed E-state index contributed by atoms with van der Waals surface area (Å²) in [6, 6.07) is 6.10. The second-order valence-corrected chi connectivity index (χ2v) is 2.77. The third-order valence-electron chi connectivity index (χ3n) is 1.81. The lowest BCUT2D eigenvalue weighted by atomic mass is 10.2. The zero-order valence-electron chi connectivity index (χ0n) is 6.59. The van der Waals surface area contributed by atoms with Crippen molar-refractivity contribution in [2.45, 2.75) is 13.8 Å². The molecule has 1 heterocycles. The van der Waals surface area contributed by atoms with Crippen molar-refractivity contribution in [3.05, 3.63) is 29.5 Å². The fourth-order valence-electron chi connectivity index (χ4n) is 1.17. The van der Waals surface area contributed by atoms with Crippen LogP contribution in [-0.4, -0.2) is 5.16 Å². The maximum Gasteiger partial charge on any atom is 0.167 e. The van der Waals surface area contributed by atoms with E-state index >= 15 is 0 Å². The second-order valence-electron chi connectivity index (χ2n) is 2.77. The van der Waals surface area contributed by atoms with Gasteiger partial charge in [-0.25, -0.2) is 0 Å². The van der Waals surface area contributed by atoms with Crippen LogP contribution in [-0.2, 0) is 0 Å². The van der Waals surface area contributed by atoms with Crippen molar-refractivity contribution in [3.63, 3.8) is 0 Å². The minimum absolute atomic E-state index is 0.877. The average Bonchev–Trinajstić information content (AvgIpc) is 2.32. The molecule has 0 amide bonds. The van der Waals surface area contributed by atoms with Crippen molar-refractivity contribution in [3.8, 4) is 0 Å². The summed E-state index contributed by atoms with van der Waals surface area (Å²) in [5.74, 6) is 0. The summed E-state index contributed by atoms with van der Waals surface area (Å²) in [5, 5.41) is 4.97. The van der Waals surface area contributed by atoms with E-state index in [0.717, 1.165) is 16.7 Å². The quantitative estimate of drug-likeness (QED) is 0.572. The first-order valence-corrected chi connectivity index (χ1v) is 3.60. The molecule has 2 heteroatoms. The molecule has 0 spiro atoms. The molecule has 0 saturated carbocycles. The van der Waals surface area contributed by atoms with E-state index < -0.39 is 0 Å². The Morgan fingerprint density at radius 3 is 2.91 bits per heavy atom. The number of hydrogen-bond donors (Lipinski definition) is 0. The van der Waals surface area contributed by atoms with E-state index in [1.165, 1.54) is 5.56 Å². The highest BCUT2D eigenvalue weighted by Gasteiger charge is 2.01. The van der Waals surface area contributed by atoms with Crippen LogP contribution in [0.15, 0.2) is 22.7 Å². The number of aromatic nitrogens is 1. The number of aryl methyl sites for hydroxylation is 2. The number of hydrogen-bond acceptors (Lipinski definition) is 2. The first-order valence-electron chi connectivity index (χ1n) is 3.60. The minimum Gasteiger partial charge on any atom is -0.356 e. The topological polar surface area (TPSA) is 26.0 Å². The predicted molar refractivity (Wildman–Crippen MR) is 43.5 cm³/mol. The van der Waals surface area contributed by atoms with Gasteiger partial charge in [-0.2, -0.15) is 0 Å². The van der Waals surface area contributed by atoms with Gasteiger partial charge in [0.25, 0.3) is 0 Å². The first-order chi connectivity index (χ1) is 5.27. The molecule has 2 aromatic rings. The monoisotopic (exact) mass is 147 g/mol. The number of nitrogens with zero attached hydrogens (tertiary/aromatic N) is 1. The summed E-state index contributed by atoms with van der Waals surface area (Å²) in [6.45, 7) is 3.98. The Morgan fingerprint density at radius 2 is 2.09 bits per heavy atom. The van der Waals surface area contributed by atoms with Crippen molar-refractivity contribution < 1.29 is 4.52 Å². The van der Waals surface area contributed by atoms with Gasteiger partial charge in [0.15, 0.2) is 5.58 Å². The molecule has 0 fully saturated rings. The van der Waals surface area contributed by atoms with Crippen molar-refractivity contribution >= 4 is 11.0 Å². The van der Waals surface area contributed by atoms with Gasteiger partial charge in [-0.1, -0.05) is 11.2 Å².